The first kappa shape index (κ1) is 19.0. The Balaban J connectivity index is 2.28. The number of rotatable bonds is 5. The van der Waals surface area contributed by atoms with E-state index >= 15 is 0 Å². The molecular weight excluding hydrogens is 355 g/mol. The van der Waals surface area contributed by atoms with Gasteiger partial charge in [0.25, 0.3) is 0 Å². The van der Waals surface area contributed by atoms with Gasteiger partial charge in [-0.25, -0.2) is 0 Å². The first-order valence-electron chi connectivity index (χ1n) is 8.74. The number of hydrogen-bond acceptors (Lipinski definition) is 3. The molecule has 0 spiro atoms. The number of carbonyl (C=O) groups is 2. The summed E-state index contributed by atoms with van der Waals surface area (Å²) in [5, 5.41) is 0.312. The molecule has 0 unspecified atom stereocenters. The van der Waals surface area contributed by atoms with Gasteiger partial charge in [0, 0.05) is 16.4 Å². The maximum Gasteiger partial charge on any atom is 0.248 e. The molecule has 0 N–H and O–H groups in total. The zero-order valence-corrected chi connectivity index (χ0v) is 16.5. The zero-order valence-electron chi connectivity index (χ0n) is 15.6. The monoisotopic (exact) mass is 376 g/mol. The van der Waals surface area contributed by atoms with Crippen molar-refractivity contribution in [2.45, 2.75) is 20.8 Å². The minimum absolute atomic E-state index is 0.312. The number of hydrogen-bond donors (Lipinski definition) is 0. The molecule has 0 fully saturated rings. The molecule has 3 aromatic rings. The van der Waals surface area contributed by atoms with Gasteiger partial charge in [-0.3, -0.25) is 9.59 Å². The summed E-state index contributed by atoms with van der Waals surface area (Å²) < 4.78 is 14.2. The second kappa shape index (κ2) is 7.46. The van der Waals surface area contributed by atoms with E-state index in [1.54, 1.807) is 81.4 Å². The summed E-state index contributed by atoms with van der Waals surface area (Å²) >= 11 is 0. The molecule has 0 saturated heterocycles. The largest absolute Gasteiger partial charge is 0.302 e. The third kappa shape index (κ3) is 3.31. The fraction of sp³-hybridized carbons (Fsp3) is 0.130. The van der Waals surface area contributed by atoms with Crippen molar-refractivity contribution in [1.29, 1.82) is 0 Å². The SMILES string of the molecule is Cc1ccccc1C(=O)P(=O)(C(=O)c1ccccc1C)c1ccccc1C. The molecule has 0 heterocycles. The molecule has 0 amide bonds. The fourth-order valence-electron chi connectivity index (χ4n) is 3.19. The number of benzene rings is 3. The molecule has 0 aliphatic heterocycles. The van der Waals surface area contributed by atoms with Crippen molar-refractivity contribution in [3.63, 3.8) is 0 Å². The van der Waals surface area contributed by atoms with E-state index in [1.807, 2.05) is 12.1 Å². The van der Waals surface area contributed by atoms with Gasteiger partial charge in [0.15, 0.2) is 0 Å². The third-order valence-corrected chi connectivity index (χ3v) is 7.58. The smallest absolute Gasteiger partial charge is 0.248 e. The standard InChI is InChI=1S/C23H21O3P/c1-16-10-4-7-13-19(16)22(24)27(26,21-15-9-6-12-18(21)3)23(25)20-14-8-5-11-17(20)2/h4-15H,1-3H3. The van der Waals surface area contributed by atoms with Crippen LogP contribution in [0.4, 0.5) is 0 Å². The lowest BCUT2D eigenvalue weighted by molar-refractivity contribution is 0.104. The zero-order chi connectivity index (χ0) is 19.6. The molecule has 0 aliphatic rings. The molecule has 136 valence electrons. The van der Waals surface area contributed by atoms with Crippen molar-refractivity contribution in [2.75, 3.05) is 0 Å². The van der Waals surface area contributed by atoms with Gasteiger partial charge in [0.2, 0.25) is 18.2 Å². The molecule has 0 aromatic heterocycles. The Bertz CT molecular complexity index is 1020. The summed E-state index contributed by atoms with van der Waals surface area (Å²) in [6.45, 7) is 5.35. The molecule has 0 radical (unpaired) electrons. The Kier molecular flexibility index (Phi) is 5.25. The van der Waals surface area contributed by atoms with Gasteiger partial charge in [0.05, 0.1) is 0 Å². The lowest BCUT2D eigenvalue weighted by Crippen LogP contribution is -2.23. The van der Waals surface area contributed by atoms with Crippen molar-refractivity contribution >= 4 is 23.5 Å². The molecule has 27 heavy (non-hydrogen) atoms. The number of carbonyl (C=O) groups excluding carboxylic acids is 2. The predicted octanol–water partition coefficient (Wildman–Crippen LogP) is 5.28. The van der Waals surface area contributed by atoms with Crippen LogP contribution in [0.2, 0.25) is 0 Å². The van der Waals surface area contributed by atoms with Crippen molar-refractivity contribution in [3.8, 4) is 0 Å². The van der Waals surface area contributed by atoms with Gasteiger partial charge in [0.1, 0.15) is 0 Å². The van der Waals surface area contributed by atoms with Crippen LogP contribution in [0.5, 0.6) is 0 Å². The summed E-state index contributed by atoms with van der Waals surface area (Å²) in [5.74, 6) is 0. The van der Waals surface area contributed by atoms with E-state index in [0.29, 0.717) is 33.1 Å². The van der Waals surface area contributed by atoms with E-state index in [1.165, 1.54) is 0 Å². The highest BCUT2D eigenvalue weighted by Crippen LogP contribution is 2.52. The Morgan fingerprint density at radius 2 is 0.963 bits per heavy atom. The highest BCUT2D eigenvalue weighted by Gasteiger charge is 2.44. The molecule has 3 rings (SSSR count). The minimum atomic E-state index is -4.07. The van der Waals surface area contributed by atoms with Gasteiger partial charge in [-0.1, -0.05) is 72.8 Å². The highest BCUT2D eigenvalue weighted by atomic mass is 31.2. The number of aryl methyl sites for hydroxylation is 3. The predicted molar refractivity (Wildman–Crippen MR) is 109 cm³/mol. The van der Waals surface area contributed by atoms with E-state index in [2.05, 4.69) is 0 Å². The summed E-state index contributed by atoms with van der Waals surface area (Å²) in [6.07, 6.45) is 0. The lowest BCUT2D eigenvalue weighted by atomic mass is 10.1. The van der Waals surface area contributed by atoms with Crippen LogP contribution in [-0.2, 0) is 4.57 Å². The Labute approximate surface area is 159 Å². The van der Waals surface area contributed by atoms with E-state index in [9.17, 15) is 14.2 Å². The van der Waals surface area contributed by atoms with Crippen LogP contribution in [-0.4, -0.2) is 11.0 Å². The molecule has 0 saturated carbocycles. The molecule has 3 nitrogen and oxygen atoms in total. The Morgan fingerprint density at radius 1 is 0.593 bits per heavy atom. The van der Waals surface area contributed by atoms with Gasteiger partial charge in [-0.15, -0.1) is 0 Å². The van der Waals surface area contributed by atoms with Crippen LogP contribution < -0.4 is 5.30 Å². The first-order valence-corrected chi connectivity index (χ1v) is 10.5. The van der Waals surface area contributed by atoms with Crippen LogP contribution in [0.3, 0.4) is 0 Å². The average Bonchev–Trinajstić information content (AvgIpc) is 2.67. The van der Waals surface area contributed by atoms with Crippen molar-refractivity contribution in [3.05, 3.63) is 101 Å². The lowest BCUT2D eigenvalue weighted by Gasteiger charge is -2.20. The molecular formula is C23H21O3P. The fourth-order valence-corrected chi connectivity index (χ4v) is 5.86. The average molecular weight is 376 g/mol. The van der Waals surface area contributed by atoms with Gasteiger partial charge in [-0.05, 0) is 37.5 Å². The minimum Gasteiger partial charge on any atom is -0.302 e. The second-order valence-electron chi connectivity index (χ2n) is 6.64. The molecule has 0 atom stereocenters. The summed E-state index contributed by atoms with van der Waals surface area (Å²) in [6, 6.07) is 20.8. The van der Waals surface area contributed by atoms with Crippen LogP contribution in [0.1, 0.15) is 37.4 Å². The van der Waals surface area contributed by atoms with Gasteiger partial charge >= 0.3 is 0 Å². The molecule has 4 heteroatoms. The van der Waals surface area contributed by atoms with Crippen molar-refractivity contribution in [1.82, 2.24) is 0 Å². The van der Waals surface area contributed by atoms with E-state index in [4.69, 9.17) is 0 Å². The quantitative estimate of drug-likeness (QED) is 0.569. The van der Waals surface area contributed by atoms with E-state index < -0.39 is 18.2 Å². The maximum atomic E-state index is 14.2. The first-order chi connectivity index (χ1) is 12.9. The topological polar surface area (TPSA) is 51.2 Å². The van der Waals surface area contributed by atoms with Gasteiger partial charge in [-0.2, -0.15) is 0 Å². The summed E-state index contributed by atoms with van der Waals surface area (Å²) in [5.41, 5.74) is 1.51. The van der Waals surface area contributed by atoms with E-state index in [-0.39, 0.29) is 0 Å². The second-order valence-corrected chi connectivity index (χ2v) is 9.15. The van der Waals surface area contributed by atoms with Crippen LogP contribution in [0.25, 0.3) is 0 Å². The van der Waals surface area contributed by atoms with E-state index in [0.717, 1.165) is 0 Å². The van der Waals surface area contributed by atoms with Crippen LogP contribution in [0.15, 0.2) is 72.8 Å². The Hall–Kier alpha value is -2.77. The third-order valence-electron chi connectivity index (χ3n) is 4.78. The Morgan fingerprint density at radius 3 is 1.37 bits per heavy atom. The summed E-state index contributed by atoms with van der Waals surface area (Å²) in [4.78, 5) is 27.0. The maximum absolute atomic E-state index is 14.2. The highest BCUT2D eigenvalue weighted by molar-refractivity contribution is 8.01. The molecule has 3 aromatic carbocycles. The van der Waals surface area contributed by atoms with Gasteiger partial charge < -0.3 is 4.57 Å². The molecule has 0 bridgehead atoms. The normalized spacial score (nSPS) is 11.2. The van der Waals surface area contributed by atoms with Crippen molar-refractivity contribution < 1.29 is 14.2 Å². The van der Waals surface area contributed by atoms with Crippen molar-refractivity contribution in [2.24, 2.45) is 0 Å². The molecule has 0 aliphatic carbocycles. The van der Waals surface area contributed by atoms with Crippen LogP contribution >= 0.6 is 7.14 Å². The summed E-state index contributed by atoms with van der Waals surface area (Å²) in [7, 11) is -4.07. The van der Waals surface area contributed by atoms with Crippen LogP contribution in [0, 0.1) is 20.8 Å².